The number of thiazole rings is 1. The van der Waals surface area contributed by atoms with Crippen LogP contribution >= 0.6 is 22.9 Å². The van der Waals surface area contributed by atoms with Crippen molar-refractivity contribution in [3.63, 3.8) is 0 Å². The lowest BCUT2D eigenvalue weighted by atomic mass is 10.2. The first-order valence-corrected chi connectivity index (χ1v) is 9.17. The number of nitrogens with one attached hydrogen (secondary N) is 1. The first kappa shape index (κ1) is 18.4. The molecule has 0 unspecified atom stereocenters. The number of methoxy groups -OCH3 is 1. The minimum atomic E-state index is -0.280. The number of aromatic nitrogens is 1. The Labute approximate surface area is 160 Å². The van der Waals surface area contributed by atoms with Crippen molar-refractivity contribution in [1.82, 2.24) is 4.98 Å². The summed E-state index contributed by atoms with van der Waals surface area (Å²) >= 11 is 7.54. The fourth-order valence-corrected chi connectivity index (χ4v) is 3.24. The van der Waals surface area contributed by atoms with E-state index in [-0.39, 0.29) is 5.91 Å². The van der Waals surface area contributed by atoms with Gasteiger partial charge in [0, 0.05) is 23.1 Å². The van der Waals surface area contributed by atoms with E-state index in [2.05, 4.69) is 10.3 Å². The van der Waals surface area contributed by atoms with Gasteiger partial charge in [0.1, 0.15) is 12.4 Å². The summed E-state index contributed by atoms with van der Waals surface area (Å²) in [4.78, 5) is 17.1. The van der Waals surface area contributed by atoms with Crippen molar-refractivity contribution in [3.05, 3.63) is 64.5 Å². The topological polar surface area (TPSA) is 60.5 Å². The Hall–Kier alpha value is -2.41. The van der Waals surface area contributed by atoms with Crippen LogP contribution < -0.4 is 10.1 Å². The number of rotatable bonds is 7. The third-order valence-electron chi connectivity index (χ3n) is 3.55. The maximum absolute atomic E-state index is 12.6. The molecule has 0 aliphatic carbocycles. The van der Waals surface area contributed by atoms with Crippen LogP contribution in [0.25, 0.3) is 11.3 Å². The summed E-state index contributed by atoms with van der Waals surface area (Å²) in [5, 5.41) is 5.79. The molecule has 3 aromatic rings. The summed E-state index contributed by atoms with van der Waals surface area (Å²) in [5.41, 5.74) is 1.99. The number of hydrogen-bond acceptors (Lipinski definition) is 5. The van der Waals surface area contributed by atoms with Gasteiger partial charge in [-0.15, -0.1) is 11.3 Å². The second-order valence-electron chi connectivity index (χ2n) is 5.31. The number of benzene rings is 2. The van der Waals surface area contributed by atoms with Crippen LogP contribution in [0.5, 0.6) is 5.75 Å². The predicted molar refractivity (Wildman–Crippen MR) is 104 cm³/mol. The number of para-hydroxylation sites is 1. The number of carbonyl (C=O) groups excluding carboxylic acids is 1. The quantitative estimate of drug-likeness (QED) is 0.594. The van der Waals surface area contributed by atoms with Crippen molar-refractivity contribution in [2.45, 2.75) is 0 Å². The minimum Gasteiger partial charge on any atom is -0.490 e. The number of hydrogen-bond donors (Lipinski definition) is 1. The molecule has 0 spiro atoms. The van der Waals surface area contributed by atoms with Crippen molar-refractivity contribution in [1.29, 1.82) is 0 Å². The zero-order valence-electron chi connectivity index (χ0n) is 14.1. The molecular weight excluding hydrogens is 372 g/mol. The van der Waals surface area contributed by atoms with E-state index in [1.54, 1.807) is 25.3 Å². The number of nitrogens with zero attached hydrogens (tertiary/aromatic N) is 1. The van der Waals surface area contributed by atoms with Gasteiger partial charge >= 0.3 is 0 Å². The van der Waals surface area contributed by atoms with Gasteiger partial charge in [0.05, 0.1) is 17.9 Å². The SMILES string of the molecule is COCCOc1ccccc1C(=O)Nc1nc(-c2ccccc2Cl)cs1. The Morgan fingerprint density at radius 3 is 2.73 bits per heavy atom. The summed E-state index contributed by atoms with van der Waals surface area (Å²) in [6.07, 6.45) is 0. The fraction of sp³-hybridized carbons (Fsp3) is 0.158. The number of carbonyl (C=O) groups is 1. The van der Waals surface area contributed by atoms with Gasteiger partial charge in [0.25, 0.3) is 5.91 Å². The largest absolute Gasteiger partial charge is 0.490 e. The molecule has 1 amide bonds. The highest BCUT2D eigenvalue weighted by Crippen LogP contribution is 2.30. The Balaban J connectivity index is 1.74. The second kappa shape index (κ2) is 8.80. The normalized spacial score (nSPS) is 10.5. The molecule has 7 heteroatoms. The fourth-order valence-electron chi connectivity index (χ4n) is 2.30. The van der Waals surface area contributed by atoms with Crippen LogP contribution in [-0.2, 0) is 4.74 Å². The molecule has 0 saturated carbocycles. The Kier molecular flexibility index (Phi) is 6.22. The number of amides is 1. The smallest absolute Gasteiger partial charge is 0.261 e. The van der Waals surface area contributed by atoms with Crippen molar-refractivity contribution < 1.29 is 14.3 Å². The number of anilines is 1. The maximum Gasteiger partial charge on any atom is 0.261 e. The first-order chi connectivity index (χ1) is 12.7. The van der Waals surface area contributed by atoms with E-state index in [4.69, 9.17) is 21.1 Å². The molecule has 5 nitrogen and oxygen atoms in total. The van der Waals surface area contributed by atoms with Crippen LogP contribution in [0.3, 0.4) is 0 Å². The number of halogens is 1. The molecular formula is C19H17ClN2O3S. The van der Waals surface area contributed by atoms with E-state index in [9.17, 15) is 4.79 Å². The molecule has 1 aromatic heterocycles. The highest BCUT2D eigenvalue weighted by molar-refractivity contribution is 7.14. The van der Waals surface area contributed by atoms with Gasteiger partial charge in [-0.05, 0) is 18.2 Å². The third-order valence-corrected chi connectivity index (χ3v) is 4.64. The third kappa shape index (κ3) is 4.40. The van der Waals surface area contributed by atoms with Gasteiger partial charge in [0.15, 0.2) is 5.13 Å². The molecule has 26 heavy (non-hydrogen) atoms. The number of ether oxygens (including phenoxy) is 2. The average Bonchev–Trinajstić information content (AvgIpc) is 3.11. The summed E-state index contributed by atoms with van der Waals surface area (Å²) in [5.74, 6) is 0.225. The van der Waals surface area contributed by atoms with Crippen LogP contribution in [0.15, 0.2) is 53.9 Å². The lowest BCUT2D eigenvalue weighted by Gasteiger charge is -2.10. The van der Waals surface area contributed by atoms with E-state index in [1.807, 2.05) is 35.7 Å². The minimum absolute atomic E-state index is 0.280. The molecule has 1 N–H and O–H groups in total. The van der Waals surface area contributed by atoms with Gasteiger partial charge in [-0.3, -0.25) is 10.1 Å². The Morgan fingerprint density at radius 2 is 1.92 bits per heavy atom. The molecule has 134 valence electrons. The van der Waals surface area contributed by atoms with Gasteiger partial charge in [-0.1, -0.05) is 41.9 Å². The maximum atomic E-state index is 12.6. The molecule has 0 saturated heterocycles. The average molecular weight is 389 g/mol. The molecule has 0 aliphatic rings. The van der Waals surface area contributed by atoms with Gasteiger partial charge in [-0.25, -0.2) is 4.98 Å². The lowest BCUT2D eigenvalue weighted by molar-refractivity contribution is 0.101. The highest BCUT2D eigenvalue weighted by atomic mass is 35.5. The van der Waals surface area contributed by atoms with E-state index in [0.717, 1.165) is 11.3 Å². The molecule has 1 heterocycles. The van der Waals surface area contributed by atoms with Crippen LogP contribution in [0.1, 0.15) is 10.4 Å². The van der Waals surface area contributed by atoms with Crippen molar-refractivity contribution in [2.75, 3.05) is 25.6 Å². The molecule has 0 atom stereocenters. The van der Waals surface area contributed by atoms with Crippen molar-refractivity contribution in [3.8, 4) is 17.0 Å². The summed E-state index contributed by atoms with van der Waals surface area (Å²) < 4.78 is 10.6. The van der Waals surface area contributed by atoms with Crippen LogP contribution in [0, 0.1) is 0 Å². The second-order valence-corrected chi connectivity index (χ2v) is 6.57. The van der Waals surface area contributed by atoms with Gasteiger partial charge < -0.3 is 9.47 Å². The van der Waals surface area contributed by atoms with Gasteiger partial charge in [0.2, 0.25) is 0 Å². The van der Waals surface area contributed by atoms with E-state index in [0.29, 0.717) is 34.7 Å². The molecule has 0 fully saturated rings. The standard InChI is InChI=1S/C19H17ClN2O3S/c1-24-10-11-25-17-9-5-3-7-14(17)18(23)22-19-21-16(12-26-19)13-6-2-4-8-15(13)20/h2-9,12H,10-11H2,1H3,(H,21,22,23). The van der Waals surface area contributed by atoms with Crippen molar-refractivity contribution >= 4 is 34.0 Å². The lowest BCUT2D eigenvalue weighted by Crippen LogP contribution is -2.14. The van der Waals surface area contributed by atoms with E-state index < -0.39 is 0 Å². The zero-order chi connectivity index (χ0) is 18.4. The monoisotopic (exact) mass is 388 g/mol. The summed E-state index contributed by atoms with van der Waals surface area (Å²) in [6, 6.07) is 14.5. The van der Waals surface area contributed by atoms with E-state index >= 15 is 0 Å². The zero-order valence-corrected chi connectivity index (χ0v) is 15.6. The van der Waals surface area contributed by atoms with Gasteiger partial charge in [-0.2, -0.15) is 0 Å². The Morgan fingerprint density at radius 1 is 1.15 bits per heavy atom. The van der Waals surface area contributed by atoms with Crippen LogP contribution in [0.2, 0.25) is 5.02 Å². The molecule has 0 bridgehead atoms. The van der Waals surface area contributed by atoms with E-state index in [1.165, 1.54) is 11.3 Å². The predicted octanol–water partition coefficient (Wildman–Crippen LogP) is 4.74. The molecule has 0 aliphatic heterocycles. The first-order valence-electron chi connectivity index (χ1n) is 7.91. The molecule has 0 radical (unpaired) electrons. The molecule has 3 rings (SSSR count). The highest BCUT2D eigenvalue weighted by Gasteiger charge is 2.15. The van der Waals surface area contributed by atoms with Crippen molar-refractivity contribution in [2.24, 2.45) is 0 Å². The summed E-state index contributed by atoms with van der Waals surface area (Å²) in [7, 11) is 1.60. The van der Waals surface area contributed by atoms with Crippen LogP contribution in [-0.4, -0.2) is 31.2 Å². The molecule has 2 aromatic carbocycles. The Bertz CT molecular complexity index is 898. The summed E-state index contributed by atoms with van der Waals surface area (Å²) in [6.45, 7) is 0.818. The van der Waals surface area contributed by atoms with Crippen LogP contribution in [0.4, 0.5) is 5.13 Å².